The van der Waals surface area contributed by atoms with Crippen molar-refractivity contribution >= 4 is 17.2 Å². The summed E-state index contributed by atoms with van der Waals surface area (Å²) in [5, 5.41) is 0. The van der Waals surface area contributed by atoms with Gasteiger partial charge in [0.05, 0.1) is 12.0 Å². The average molecular weight is 356 g/mol. The molecule has 2 aliphatic rings. The highest BCUT2D eigenvalue weighted by Crippen LogP contribution is 2.32. The van der Waals surface area contributed by atoms with E-state index in [-0.39, 0.29) is 5.91 Å². The number of hydrogen-bond acceptors (Lipinski definition) is 3. The second-order valence-electron chi connectivity index (χ2n) is 7.12. The van der Waals surface area contributed by atoms with E-state index in [4.69, 9.17) is 4.74 Å². The Morgan fingerprint density at radius 1 is 1.24 bits per heavy atom. The first-order valence-corrected chi connectivity index (χ1v) is 10.1. The first-order valence-electron chi connectivity index (χ1n) is 9.30. The Morgan fingerprint density at radius 2 is 2.12 bits per heavy atom. The molecule has 0 spiro atoms. The van der Waals surface area contributed by atoms with Crippen LogP contribution in [0.3, 0.4) is 0 Å². The summed E-state index contributed by atoms with van der Waals surface area (Å²) >= 11 is 1.73. The number of hydrogen-bond donors (Lipinski definition) is 0. The van der Waals surface area contributed by atoms with Crippen LogP contribution in [-0.4, -0.2) is 30.5 Å². The fraction of sp³-hybridized carbons (Fsp3) is 0.476. The van der Waals surface area contributed by atoms with Gasteiger partial charge in [-0.25, -0.2) is 0 Å². The van der Waals surface area contributed by atoms with Crippen molar-refractivity contribution in [3.05, 3.63) is 51.2 Å². The van der Waals surface area contributed by atoms with Gasteiger partial charge in [-0.2, -0.15) is 0 Å². The third-order valence-electron chi connectivity index (χ3n) is 5.45. The Labute approximate surface area is 153 Å². The molecule has 1 saturated heterocycles. The van der Waals surface area contributed by atoms with E-state index in [2.05, 4.69) is 23.1 Å². The van der Waals surface area contributed by atoms with Gasteiger partial charge < -0.3 is 9.64 Å². The van der Waals surface area contributed by atoms with Crippen LogP contribution in [0.25, 0.3) is 0 Å². The molecule has 1 aromatic heterocycles. The number of aryl methyl sites for hydroxylation is 2. The van der Waals surface area contributed by atoms with Crippen LogP contribution in [0.1, 0.15) is 51.4 Å². The summed E-state index contributed by atoms with van der Waals surface area (Å²) in [6.07, 6.45) is 7.93. The van der Waals surface area contributed by atoms with Crippen LogP contribution in [0.2, 0.25) is 0 Å². The minimum atomic E-state index is 0.241. The monoisotopic (exact) mass is 355 g/mol. The predicted molar refractivity (Wildman–Crippen MR) is 102 cm³/mol. The molecule has 3 nitrogen and oxygen atoms in total. The van der Waals surface area contributed by atoms with Gasteiger partial charge in [0.15, 0.2) is 0 Å². The zero-order chi connectivity index (χ0) is 17.2. The maximum Gasteiger partial charge on any atom is 0.264 e. The smallest absolute Gasteiger partial charge is 0.264 e. The van der Waals surface area contributed by atoms with E-state index in [9.17, 15) is 4.79 Å². The number of carbonyl (C=O) groups is 1. The van der Waals surface area contributed by atoms with Crippen molar-refractivity contribution in [1.29, 1.82) is 0 Å². The number of ether oxygens (including phenoxy) is 1. The van der Waals surface area contributed by atoms with Crippen LogP contribution in [-0.2, 0) is 19.3 Å². The van der Waals surface area contributed by atoms with Gasteiger partial charge in [-0.3, -0.25) is 4.79 Å². The summed E-state index contributed by atoms with van der Waals surface area (Å²) in [5.74, 6) is 1.13. The third kappa shape index (κ3) is 3.45. The lowest BCUT2D eigenvalue weighted by molar-refractivity contribution is 0.0741. The van der Waals surface area contributed by atoms with Gasteiger partial charge in [0.1, 0.15) is 5.75 Å². The number of fused-ring (bicyclic) bond motifs is 1. The molecule has 2 aromatic rings. The average Bonchev–Trinajstić information content (AvgIpc) is 3.28. The molecule has 4 heteroatoms. The van der Waals surface area contributed by atoms with Gasteiger partial charge in [-0.15, -0.1) is 11.3 Å². The topological polar surface area (TPSA) is 29.5 Å². The number of carbonyl (C=O) groups excluding carboxylic acids is 1. The summed E-state index contributed by atoms with van der Waals surface area (Å²) in [7, 11) is 1.70. The Bertz CT molecular complexity index is 744. The summed E-state index contributed by atoms with van der Waals surface area (Å²) in [6, 6.07) is 10.7. The number of rotatable bonds is 4. The number of amides is 1. The van der Waals surface area contributed by atoms with Gasteiger partial charge in [-0.1, -0.05) is 12.1 Å². The molecular weight excluding hydrogens is 330 g/mol. The molecule has 132 valence electrons. The van der Waals surface area contributed by atoms with Gasteiger partial charge in [0, 0.05) is 17.5 Å². The van der Waals surface area contributed by atoms with Gasteiger partial charge in [-0.05, 0) is 74.3 Å². The van der Waals surface area contributed by atoms with Crippen molar-refractivity contribution in [3.63, 3.8) is 0 Å². The van der Waals surface area contributed by atoms with E-state index in [1.807, 2.05) is 12.1 Å². The molecule has 0 bridgehead atoms. The predicted octanol–water partition coefficient (Wildman–Crippen LogP) is 4.48. The molecule has 1 unspecified atom stereocenters. The molecule has 0 N–H and O–H groups in total. The maximum absolute atomic E-state index is 13.1. The molecule has 2 heterocycles. The number of likely N-dealkylation sites (tertiary alicyclic amines) is 1. The zero-order valence-corrected chi connectivity index (χ0v) is 15.6. The normalized spacial score (nSPS) is 19.7. The highest BCUT2D eigenvalue weighted by molar-refractivity contribution is 7.14. The van der Waals surface area contributed by atoms with Crippen LogP contribution in [0, 0.1) is 0 Å². The highest BCUT2D eigenvalue weighted by atomic mass is 32.1. The lowest BCUT2D eigenvalue weighted by Crippen LogP contribution is -2.36. The Balaban J connectivity index is 1.50. The standard InChI is InChI=1S/C21H25NO2S/c1-24-18-9-4-6-15(13-18)12-17-8-5-11-22(17)21(23)20-14-16-7-2-3-10-19(16)25-20/h4,6,9,13-14,17H,2-3,5,7-8,10-12H2,1H3. The lowest BCUT2D eigenvalue weighted by Gasteiger charge is -2.24. The quantitative estimate of drug-likeness (QED) is 0.809. The van der Waals surface area contributed by atoms with Crippen LogP contribution in [0.15, 0.2) is 30.3 Å². The van der Waals surface area contributed by atoms with E-state index >= 15 is 0 Å². The van der Waals surface area contributed by atoms with E-state index in [0.29, 0.717) is 6.04 Å². The van der Waals surface area contributed by atoms with Crippen molar-refractivity contribution < 1.29 is 9.53 Å². The number of nitrogens with zero attached hydrogens (tertiary/aromatic N) is 1. The van der Waals surface area contributed by atoms with Crippen molar-refractivity contribution in [2.45, 2.75) is 51.0 Å². The van der Waals surface area contributed by atoms with E-state index in [1.54, 1.807) is 18.4 Å². The minimum Gasteiger partial charge on any atom is -0.497 e. The second-order valence-corrected chi connectivity index (χ2v) is 8.25. The van der Waals surface area contributed by atoms with E-state index in [0.717, 1.165) is 49.3 Å². The summed E-state index contributed by atoms with van der Waals surface area (Å²) in [4.78, 5) is 17.6. The Hall–Kier alpha value is -1.81. The summed E-state index contributed by atoms with van der Waals surface area (Å²) in [6.45, 7) is 0.885. The fourth-order valence-electron chi connectivity index (χ4n) is 4.12. The molecule has 1 atom stereocenters. The zero-order valence-electron chi connectivity index (χ0n) is 14.8. The lowest BCUT2D eigenvalue weighted by atomic mass is 9.99. The molecule has 0 saturated carbocycles. The van der Waals surface area contributed by atoms with Crippen molar-refractivity contribution in [2.75, 3.05) is 13.7 Å². The van der Waals surface area contributed by atoms with E-state index in [1.165, 1.54) is 28.8 Å². The summed E-state index contributed by atoms with van der Waals surface area (Å²) in [5.41, 5.74) is 2.66. The van der Waals surface area contributed by atoms with Crippen molar-refractivity contribution in [3.8, 4) is 5.75 Å². The second kappa shape index (κ2) is 7.20. The first kappa shape index (κ1) is 16.6. The third-order valence-corrected chi connectivity index (χ3v) is 6.68. The highest BCUT2D eigenvalue weighted by Gasteiger charge is 2.31. The van der Waals surface area contributed by atoms with Crippen LogP contribution < -0.4 is 4.74 Å². The molecule has 4 rings (SSSR count). The van der Waals surface area contributed by atoms with Gasteiger partial charge in [0.25, 0.3) is 5.91 Å². The van der Waals surface area contributed by atoms with Crippen LogP contribution in [0.4, 0.5) is 0 Å². The SMILES string of the molecule is COc1cccc(CC2CCCN2C(=O)c2cc3c(s2)CCCC3)c1. The van der Waals surface area contributed by atoms with Crippen molar-refractivity contribution in [1.82, 2.24) is 4.90 Å². The number of benzene rings is 1. The molecular formula is C21H25NO2S. The number of thiophene rings is 1. The molecule has 1 amide bonds. The van der Waals surface area contributed by atoms with E-state index < -0.39 is 0 Å². The van der Waals surface area contributed by atoms with Crippen LogP contribution in [0.5, 0.6) is 5.75 Å². The molecule has 25 heavy (non-hydrogen) atoms. The first-order chi connectivity index (χ1) is 12.2. The Morgan fingerprint density at radius 3 is 2.96 bits per heavy atom. The van der Waals surface area contributed by atoms with Crippen molar-refractivity contribution in [2.24, 2.45) is 0 Å². The maximum atomic E-state index is 13.1. The Kier molecular flexibility index (Phi) is 4.80. The van der Waals surface area contributed by atoms with Gasteiger partial charge >= 0.3 is 0 Å². The molecule has 1 fully saturated rings. The fourth-order valence-corrected chi connectivity index (χ4v) is 5.33. The molecule has 1 aliphatic heterocycles. The summed E-state index contributed by atoms with van der Waals surface area (Å²) < 4.78 is 5.33. The molecule has 1 aromatic carbocycles. The number of methoxy groups -OCH3 is 1. The van der Waals surface area contributed by atoms with Crippen LogP contribution >= 0.6 is 11.3 Å². The largest absolute Gasteiger partial charge is 0.497 e. The molecule has 1 aliphatic carbocycles. The van der Waals surface area contributed by atoms with Gasteiger partial charge in [0.2, 0.25) is 0 Å². The minimum absolute atomic E-state index is 0.241. The molecule has 0 radical (unpaired) electrons.